The van der Waals surface area contributed by atoms with Crippen LogP contribution in [0.25, 0.3) is 22.4 Å². The van der Waals surface area contributed by atoms with E-state index in [2.05, 4.69) is 35.7 Å². The lowest BCUT2D eigenvalue weighted by atomic mass is 10.0. The summed E-state index contributed by atoms with van der Waals surface area (Å²) >= 11 is 0. The largest absolute Gasteiger partial charge is 0.416 e. The number of aliphatic hydroxyl groups is 1. The molecule has 0 bridgehead atoms. The molecule has 0 aliphatic rings. The van der Waals surface area contributed by atoms with E-state index < -0.39 is 30.3 Å². The number of aromatic nitrogens is 6. The van der Waals surface area contributed by atoms with Crippen LogP contribution in [0, 0.1) is 0 Å². The number of aliphatic hydroxyl groups excluding tert-OH is 1. The number of aromatic amines is 2. The van der Waals surface area contributed by atoms with Crippen molar-refractivity contribution in [1.82, 2.24) is 35.7 Å². The van der Waals surface area contributed by atoms with E-state index in [1.807, 2.05) is 0 Å². The highest BCUT2D eigenvalue weighted by molar-refractivity contribution is 5.95. The number of hydrogen-bond acceptors (Lipinski definition) is 6. The van der Waals surface area contributed by atoms with Gasteiger partial charge in [-0.2, -0.15) is 13.2 Å². The SMILES string of the molecule is O=C(N[C@H](CO)c1cccc(C(F)(F)F)c1)c1cc(-c2ncnc3[nH]nnc23)c[nH]1. The van der Waals surface area contributed by atoms with Gasteiger partial charge in [0, 0.05) is 11.8 Å². The maximum atomic E-state index is 12.9. The number of nitrogens with zero attached hydrogens (tertiary/aromatic N) is 4. The van der Waals surface area contributed by atoms with Crippen molar-refractivity contribution in [3.8, 4) is 11.3 Å². The van der Waals surface area contributed by atoms with Gasteiger partial charge in [-0.15, -0.1) is 5.10 Å². The third-order valence-corrected chi connectivity index (χ3v) is 4.43. The molecule has 1 aromatic carbocycles. The fourth-order valence-electron chi connectivity index (χ4n) is 2.95. The summed E-state index contributed by atoms with van der Waals surface area (Å²) in [5, 5.41) is 22.3. The highest BCUT2D eigenvalue weighted by Crippen LogP contribution is 2.31. The highest BCUT2D eigenvalue weighted by atomic mass is 19.4. The van der Waals surface area contributed by atoms with Gasteiger partial charge < -0.3 is 15.4 Å². The third kappa shape index (κ3) is 3.72. The van der Waals surface area contributed by atoms with Crippen LogP contribution in [0.5, 0.6) is 0 Å². The predicted octanol–water partition coefficient (Wildman–Crippen LogP) is 2.23. The number of fused-ring (bicyclic) bond motifs is 1. The molecule has 1 atom stereocenters. The lowest BCUT2D eigenvalue weighted by molar-refractivity contribution is -0.137. The molecule has 3 aromatic heterocycles. The molecule has 4 rings (SSSR count). The van der Waals surface area contributed by atoms with Gasteiger partial charge in [0.05, 0.1) is 18.2 Å². The summed E-state index contributed by atoms with van der Waals surface area (Å²) in [6.45, 7) is -0.577. The van der Waals surface area contributed by atoms with Crippen LogP contribution in [-0.4, -0.2) is 48.0 Å². The van der Waals surface area contributed by atoms with E-state index in [9.17, 15) is 23.1 Å². The first kappa shape index (κ1) is 19.5. The number of amides is 1. The van der Waals surface area contributed by atoms with Gasteiger partial charge in [0.1, 0.15) is 17.7 Å². The molecule has 154 valence electrons. The zero-order chi connectivity index (χ0) is 21.3. The molecule has 0 unspecified atom stereocenters. The van der Waals surface area contributed by atoms with Crippen molar-refractivity contribution in [2.24, 2.45) is 0 Å². The number of carbonyl (C=O) groups excluding carboxylic acids is 1. The average molecular weight is 417 g/mol. The van der Waals surface area contributed by atoms with Crippen molar-refractivity contribution in [3.63, 3.8) is 0 Å². The predicted molar refractivity (Wildman–Crippen MR) is 98.0 cm³/mol. The number of H-pyrrole nitrogens is 2. The van der Waals surface area contributed by atoms with Gasteiger partial charge in [-0.3, -0.25) is 4.79 Å². The fraction of sp³-hybridized carbons (Fsp3) is 0.167. The van der Waals surface area contributed by atoms with Crippen LogP contribution in [0.1, 0.15) is 27.7 Å². The molecule has 0 spiro atoms. The van der Waals surface area contributed by atoms with Crippen molar-refractivity contribution in [3.05, 3.63) is 59.7 Å². The second-order valence-corrected chi connectivity index (χ2v) is 6.37. The van der Waals surface area contributed by atoms with E-state index >= 15 is 0 Å². The number of halogens is 3. The lowest BCUT2D eigenvalue weighted by Crippen LogP contribution is -2.31. The van der Waals surface area contributed by atoms with Gasteiger partial charge in [0.2, 0.25) is 0 Å². The summed E-state index contributed by atoms with van der Waals surface area (Å²) in [7, 11) is 0. The summed E-state index contributed by atoms with van der Waals surface area (Å²) in [4.78, 5) is 23.5. The first-order chi connectivity index (χ1) is 14.4. The van der Waals surface area contributed by atoms with Crippen molar-refractivity contribution in [2.75, 3.05) is 6.61 Å². The van der Waals surface area contributed by atoms with Gasteiger partial charge in [0.15, 0.2) is 11.2 Å². The normalized spacial score (nSPS) is 12.8. The Morgan fingerprint density at radius 1 is 1.23 bits per heavy atom. The van der Waals surface area contributed by atoms with Gasteiger partial charge in [-0.1, -0.05) is 17.3 Å². The van der Waals surface area contributed by atoms with Crippen LogP contribution >= 0.6 is 0 Å². The number of rotatable bonds is 5. The van der Waals surface area contributed by atoms with E-state index in [0.717, 1.165) is 12.1 Å². The van der Waals surface area contributed by atoms with Crippen LogP contribution in [-0.2, 0) is 6.18 Å². The molecule has 0 aliphatic carbocycles. The Balaban J connectivity index is 1.56. The van der Waals surface area contributed by atoms with Crippen molar-refractivity contribution in [2.45, 2.75) is 12.2 Å². The van der Waals surface area contributed by atoms with Gasteiger partial charge >= 0.3 is 6.18 Å². The molecule has 4 N–H and O–H groups in total. The molecule has 0 saturated heterocycles. The summed E-state index contributed by atoms with van der Waals surface area (Å²) in [5.74, 6) is -0.608. The minimum atomic E-state index is -4.53. The van der Waals surface area contributed by atoms with Crippen molar-refractivity contribution < 1.29 is 23.1 Å². The fourth-order valence-corrected chi connectivity index (χ4v) is 2.95. The molecular weight excluding hydrogens is 403 g/mol. The standard InChI is InChI=1S/C18H14F3N7O2/c19-18(20,21)11-3-1-2-9(4-11)13(7-29)25-17(30)12-5-10(6-22-12)14-15-16(24-8-23-14)27-28-26-15/h1-6,8,13,22,29H,7H2,(H,25,30)(H,23,24,26,27,28)/t13-/m1/s1. The summed E-state index contributed by atoms with van der Waals surface area (Å²) in [5.41, 5.74) is 1.23. The topological polar surface area (TPSA) is 132 Å². The molecule has 0 fully saturated rings. The molecule has 0 radical (unpaired) electrons. The van der Waals surface area contributed by atoms with Crippen LogP contribution in [0.4, 0.5) is 13.2 Å². The number of carbonyl (C=O) groups is 1. The Morgan fingerprint density at radius 3 is 2.83 bits per heavy atom. The van der Waals surface area contributed by atoms with E-state index in [0.29, 0.717) is 22.4 Å². The van der Waals surface area contributed by atoms with Crippen LogP contribution in [0.2, 0.25) is 0 Å². The zero-order valence-corrected chi connectivity index (χ0v) is 15.1. The smallest absolute Gasteiger partial charge is 0.394 e. The van der Waals surface area contributed by atoms with Crippen LogP contribution < -0.4 is 5.32 Å². The van der Waals surface area contributed by atoms with E-state index in [1.165, 1.54) is 30.7 Å². The number of nitrogens with one attached hydrogen (secondary N) is 3. The number of benzene rings is 1. The Kier molecular flexibility index (Phi) is 4.91. The number of hydrogen-bond donors (Lipinski definition) is 4. The van der Waals surface area contributed by atoms with Crippen LogP contribution in [0.15, 0.2) is 42.9 Å². The van der Waals surface area contributed by atoms with E-state index in [4.69, 9.17) is 0 Å². The monoisotopic (exact) mass is 417 g/mol. The number of alkyl halides is 3. The average Bonchev–Trinajstić information content (AvgIpc) is 3.40. The Hall–Kier alpha value is -3.80. The molecule has 3 heterocycles. The quantitative estimate of drug-likeness (QED) is 0.394. The Labute approximate surface area is 166 Å². The van der Waals surface area contributed by atoms with Gasteiger partial charge in [-0.25, -0.2) is 15.1 Å². The van der Waals surface area contributed by atoms with Gasteiger partial charge in [-0.05, 0) is 23.8 Å². The van der Waals surface area contributed by atoms with Gasteiger partial charge in [0.25, 0.3) is 5.91 Å². The maximum Gasteiger partial charge on any atom is 0.416 e. The lowest BCUT2D eigenvalue weighted by Gasteiger charge is -2.18. The molecular formula is C18H14F3N7O2. The van der Waals surface area contributed by atoms with E-state index in [-0.39, 0.29) is 11.3 Å². The Bertz CT molecular complexity index is 1200. The first-order valence-electron chi connectivity index (χ1n) is 8.66. The second kappa shape index (κ2) is 7.55. The second-order valence-electron chi connectivity index (χ2n) is 6.37. The molecule has 30 heavy (non-hydrogen) atoms. The first-order valence-corrected chi connectivity index (χ1v) is 8.66. The zero-order valence-electron chi connectivity index (χ0n) is 15.1. The van der Waals surface area contributed by atoms with E-state index in [1.54, 1.807) is 0 Å². The molecule has 9 nitrogen and oxygen atoms in total. The minimum Gasteiger partial charge on any atom is -0.394 e. The maximum absolute atomic E-state index is 12.9. The summed E-state index contributed by atoms with van der Waals surface area (Å²) < 4.78 is 38.8. The van der Waals surface area contributed by atoms with Crippen molar-refractivity contribution >= 4 is 17.1 Å². The highest BCUT2D eigenvalue weighted by Gasteiger charge is 2.31. The molecule has 12 heteroatoms. The summed E-state index contributed by atoms with van der Waals surface area (Å²) in [6, 6.07) is 4.92. The molecule has 1 amide bonds. The molecule has 4 aromatic rings. The minimum absolute atomic E-state index is 0.130. The third-order valence-electron chi connectivity index (χ3n) is 4.43. The molecule has 0 aliphatic heterocycles. The Morgan fingerprint density at radius 2 is 2.07 bits per heavy atom. The van der Waals surface area contributed by atoms with Crippen molar-refractivity contribution in [1.29, 1.82) is 0 Å². The summed E-state index contributed by atoms with van der Waals surface area (Å²) in [6.07, 6.45) is -1.68. The van der Waals surface area contributed by atoms with Crippen LogP contribution in [0.3, 0.4) is 0 Å². The molecule has 0 saturated carbocycles.